The molecule has 0 saturated carbocycles. The number of aryl methyl sites for hydroxylation is 2. The fourth-order valence-corrected chi connectivity index (χ4v) is 3.42. The Morgan fingerprint density at radius 1 is 1.23 bits per heavy atom. The van der Waals surface area contributed by atoms with Gasteiger partial charge >= 0.3 is 0 Å². The second kappa shape index (κ2) is 7.01. The summed E-state index contributed by atoms with van der Waals surface area (Å²) in [6.45, 7) is 5.48. The summed E-state index contributed by atoms with van der Waals surface area (Å²) in [5.41, 5.74) is 3.06. The Hall–Kier alpha value is -2.51. The summed E-state index contributed by atoms with van der Waals surface area (Å²) in [6.07, 6.45) is 1.07. The standard InChI is InChI=1S/C19H23N5O2/c1-12-13(2)21-18(20-12)16-9-15(25-3)10-24(16)11-17-22-19(26-23-17)14-7-5-4-6-8-14/h4-8,15-16H,9-11H2,1-3H3,(H,20,21)/t15-,16+/m1/s1. The number of aromatic nitrogens is 4. The molecule has 2 aromatic heterocycles. The van der Waals surface area contributed by atoms with Crippen LogP contribution in [0.3, 0.4) is 0 Å². The highest BCUT2D eigenvalue weighted by molar-refractivity contribution is 5.51. The normalized spacial score (nSPS) is 20.7. The van der Waals surface area contributed by atoms with Gasteiger partial charge in [0.2, 0.25) is 0 Å². The summed E-state index contributed by atoms with van der Waals surface area (Å²) >= 11 is 0. The summed E-state index contributed by atoms with van der Waals surface area (Å²) < 4.78 is 11.0. The first kappa shape index (κ1) is 16.9. The molecule has 0 radical (unpaired) electrons. The number of methoxy groups -OCH3 is 1. The Morgan fingerprint density at radius 3 is 2.73 bits per heavy atom. The Labute approximate surface area is 152 Å². The molecule has 1 N–H and O–H groups in total. The molecule has 3 aromatic rings. The SMILES string of the molecule is CO[C@@H]1C[C@@H](c2nc(C)c(C)[nH]2)N(Cc2noc(-c3ccccc3)n2)C1. The van der Waals surface area contributed by atoms with Crippen molar-refractivity contribution in [3.63, 3.8) is 0 Å². The molecule has 0 aliphatic carbocycles. The van der Waals surface area contributed by atoms with Gasteiger partial charge in [-0.2, -0.15) is 4.98 Å². The second-order valence-electron chi connectivity index (χ2n) is 6.75. The molecule has 7 heteroatoms. The van der Waals surface area contributed by atoms with E-state index >= 15 is 0 Å². The number of ether oxygens (including phenoxy) is 1. The van der Waals surface area contributed by atoms with E-state index in [1.54, 1.807) is 7.11 Å². The molecule has 0 amide bonds. The van der Waals surface area contributed by atoms with Gasteiger partial charge in [-0.15, -0.1) is 0 Å². The summed E-state index contributed by atoms with van der Waals surface area (Å²) in [6, 6.07) is 9.97. The van der Waals surface area contributed by atoms with Crippen molar-refractivity contribution in [2.24, 2.45) is 0 Å². The zero-order valence-corrected chi connectivity index (χ0v) is 15.3. The molecule has 1 aliphatic heterocycles. The number of nitrogens with zero attached hydrogens (tertiary/aromatic N) is 4. The van der Waals surface area contributed by atoms with Gasteiger partial charge in [0.1, 0.15) is 5.82 Å². The predicted octanol–water partition coefficient (Wildman–Crippen LogP) is 3.04. The molecule has 2 atom stereocenters. The molecule has 1 aliphatic rings. The maximum Gasteiger partial charge on any atom is 0.257 e. The maximum atomic E-state index is 5.59. The van der Waals surface area contributed by atoms with Crippen LogP contribution >= 0.6 is 0 Å². The van der Waals surface area contributed by atoms with E-state index in [9.17, 15) is 0 Å². The Balaban J connectivity index is 1.54. The average Bonchev–Trinajstić information content (AvgIpc) is 3.36. The van der Waals surface area contributed by atoms with Crippen LogP contribution in [0.15, 0.2) is 34.9 Å². The summed E-state index contributed by atoms with van der Waals surface area (Å²) in [5, 5.41) is 4.16. The van der Waals surface area contributed by atoms with E-state index in [-0.39, 0.29) is 12.1 Å². The van der Waals surface area contributed by atoms with E-state index in [2.05, 4.69) is 25.0 Å². The molecule has 0 bridgehead atoms. The predicted molar refractivity (Wildman–Crippen MR) is 96.4 cm³/mol. The van der Waals surface area contributed by atoms with Gasteiger partial charge in [0.25, 0.3) is 5.89 Å². The lowest BCUT2D eigenvalue weighted by molar-refractivity contribution is 0.106. The van der Waals surface area contributed by atoms with Crippen LogP contribution in [0.25, 0.3) is 11.5 Å². The molecule has 1 aromatic carbocycles. The van der Waals surface area contributed by atoms with Crippen LogP contribution < -0.4 is 0 Å². The Bertz CT molecular complexity index is 854. The monoisotopic (exact) mass is 353 g/mol. The van der Waals surface area contributed by atoms with Gasteiger partial charge in [-0.25, -0.2) is 4.98 Å². The second-order valence-corrected chi connectivity index (χ2v) is 6.75. The van der Waals surface area contributed by atoms with Crippen LogP contribution in [0.2, 0.25) is 0 Å². The topological polar surface area (TPSA) is 80.1 Å². The lowest BCUT2D eigenvalue weighted by atomic mass is 10.2. The molecule has 1 saturated heterocycles. The molecule has 26 heavy (non-hydrogen) atoms. The molecule has 1 fully saturated rings. The van der Waals surface area contributed by atoms with Crippen LogP contribution in [-0.4, -0.2) is 44.8 Å². The lowest BCUT2D eigenvalue weighted by Crippen LogP contribution is -2.26. The average molecular weight is 353 g/mol. The van der Waals surface area contributed by atoms with Crippen molar-refractivity contribution < 1.29 is 9.26 Å². The van der Waals surface area contributed by atoms with E-state index < -0.39 is 0 Å². The van der Waals surface area contributed by atoms with E-state index in [0.717, 1.165) is 35.7 Å². The first-order chi connectivity index (χ1) is 12.6. The van der Waals surface area contributed by atoms with Gasteiger partial charge in [-0.05, 0) is 32.4 Å². The Morgan fingerprint density at radius 2 is 2.04 bits per heavy atom. The third-order valence-corrected chi connectivity index (χ3v) is 4.99. The van der Waals surface area contributed by atoms with Gasteiger partial charge in [0.15, 0.2) is 5.82 Å². The molecule has 7 nitrogen and oxygen atoms in total. The third kappa shape index (κ3) is 3.27. The summed E-state index contributed by atoms with van der Waals surface area (Å²) in [4.78, 5) is 14.9. The van der Waals surface area contributed by atoms with Crippen molar-refractivity contribution in [3.05, 3.63) is 53.4 Å². The molecule has 4 rings (SSSR count). The number of hydrogen-bond donors (Lipinski definition) is 1. The minimum atomic E-state index is 0.158. The summed E-state index contributed by atoms with van der Waals surface area (Å²) in [7, 11) is 1.76. The largest absolute Gasteiger partial charge is 0.380 e. The van der Waals surface area contributed by atoms with Crippen molar-refractivity contribution in [1.82, 2.24) is 25.0 Å². The summed E-state index contributed by atoms with van der Waals surface area (Å²) in [5.74, 6) is 2.20. The fraction of sp³-hybridized carbons (Fsp3) is 0.421. The van der Waals surface area contributed by atoms with Crippen molar-refractivity contribution in [1.29, 1.82) is 0 Å². The number of aromatic amines is 1. The minimum absolute atomic E-state index is 0.158. The number of H-pyrrole nitrogens is 1. The smallest absolute Gasteiger partial charge is 0.257 e. The third-order valence-electron chi connectivity index (χ3n) is 4.99. The van der Waals surface area contributed by atoms with Crippen molar-refractivity contribution in [2.45, 2.75) is 39.0 Å². The molecular weight excluding hydrogens is 330 g/mol. The van der Waals surface area contributed by atoms with E-state index in [1.807, 2.05) is 44.2 Å². The first-order valence-electron chi connectivity index (χ1n) is 8.82. The van der Waals surface area contributed by atoms with Gasteiger partial charge in [0.05, 0.1) is 24.4 Å². The van der Waals surface area contributed by atoms with Crippen LogP contribution in [0, 0.1) is 13.8 Å². The number of imidazole rings is 1. The molecular formula is C19H23N5O2. The highest BCUT2D eigenvalue weighted by atomic mass is 16.5. The van der Waals surface area contributed by atoms with Crippen LogP contribution in [0.4, 0.5) is 0 Å². The zero-order valence-electron chi connectivity index (χ0n) is 15.3. The molecule has 0 spiro atoms. The van der Waals surface area contributed by atoms with Crippen molar-refractivity contribution in [2.75, 3.05) is 13.7 Å². The lowest BCUT2D eigenvalue weighted by Gasteiger charge is -2.20. The van der Waals surface area contributed by atoms with Crippen LogP contribution in [0.5, 0.6) is 0 Å². The van der Waals surface area contributed by atoms with E-state index in [0.29, 0.717) is 18.3 Å². The first-order valence-corrected chi connectivity index (χ1v) is 8.82. The molecule has 136 valence electrons. The molecule has 3 heterocycles. The van der Waals surface area contributed by atoms with Crippen LogP contribution in [0.1, 0.15) is 35.5 Å². The highest BCUT2D eigenvalue weighted by Crippen LogP contribution is 2.33. The van der Waals surface area contributed by atoms with Gasteiger partial charge < -0.3 is 14.2 Å². The number of hydrogen-bond acceptors (Lipinski definition) is 6. The van der Waals surface area contributed by atoms with Gasteiger partial charge in [-0.3, -0.25) is 4.90 Å². The van der Waals surface area contributed by atoms with E-state index in [1.165, 1.54) is 0 Å². The Kier molecular flexibility index (Phi) is 4.57. The quantitative estimate of drug-likeness (QED) is 0.759. The number of nitrogens with one attached hydrogen (secondary N) is 1. The van der Waals surface area contributed by atoms with Crippen molar-refractivity contribution in [3.8, 4) is 11.5 Å². The maximum absolute atomic E-state index is 5.59. The minimum Gasteiger partial charge on any atom is -0.380 e. The van der Waals surface area contributed by atoms with Gasteiger partial charge in [0, 0.05) is 24.9 Å². The fourth-order valence-electron chi connectivity index (χ4n) is 3.42. The van der Waals surface area contributed by atoms with Crippen molar-refractivity contribution >= 4 is 0 Å². The zero-order chi connectivity index (χ0) is 18.1. The van der Waals surface area contributed by atoms with Crippen LogP contribution in [-0.2, 0) is 11.3 Å². The number of benzene rings is 1. The highest BCUT2D eigenvalue weighted by Gasteiger charge is 2.36. The number of rotatable bonds is 5. The number of likely N-dealkylation sites (tertiary alicyclic amines) is 1. The molecule has 0 unspecified atom stereocenters. The van der Waals surface area contributed by atoms with E-state index in [4.69, 9.17) is 9.26 Å². The van der Waals surface area contributed by atoms with Gasteiger partial charge in [-0.1, -0.05) is 23.4 Å².